The Bertz CT molecular complexity index is 2780. The van der Waals surface area contributed by atoms with E-state index in [4.69, 9.17) is 4.98 Å². The van der Waals surface area contributed by atoms with Crippen molar-refractivity contribution in [2.45, 2.75) is 77.9 Å². The Balaban J connectivity index is 0.919. The van der Waals surface area contributed by atoms with Crippen LogP contribution in [0.2, 0.25) is 0 Å². The highest BCUT2D eigenvalue weighted by molar-refractivity contribution is 6.06. The van der Waals surface area contributed by atoms with Gasteiger partial charge in [0.2, 0.25) is 5.91 Å². The molecule has 0 saturated carbocycles. The van der Waals surface area contributed by atoms with E-state index in [1.807, 2.05) is 23.1 Å². The van der Waals surface area contributed by atoms with Crippen LogP contribution in [0.1, 0.15) is 66.6 Å². The second-order valence-electron chi connectivity index (χ2n) is 18.5. The fraction of sp³-hybridized carbons (Fsp3) is 0.417. The number of aromatic nitrogens is 5. The van der Waals surface area contributed by atoms with Gasteiger partial charge in [0.25, 0.3) is 11.5 Å². The number of aliphatic hydroxyl groups excluding tert-OH is 1. The number of hydrogen-bond donors (Lipinski definition) is 3. The topological polar surface area (TPSA) is 157 Å². The van der Waals surface area contributed by atoms with Gasteiger partial charge in [0.15, 0.2) is 5.82 Å². The molecule has 4 aliphatic rings. The third kappa shape index (κ3) is 8.54. The molecule has 2 fully saturated rings. The fourth-order valence-corrected chi connectivity index (χ4v) is 10.3. The number of fused-ring (bicyclic) bond motifs is 3. The normalized spacial score (nSPS) is 18.9. The number of hydrogen-bond acceptors (Lipinski definition) is 11. The predicted molar refractivity (Wildman–Crippen MR) is 247 cm³/mol. The molecule has 9 rings (SSSR count). The highest BCUT2D eigenvalue weighted by atomic mass is 19.4. The molecule has 66 heavy (non-hydrogen) atoms. The molecule has 15 nitrogen and oxygen atoms in total. The molecule has 1 unspecified atom stereocenters. The zero-order valence-corrected chi connectivity index (χ0v) is 37.5. The molecule has 0 spiro atoms. The number of alkyl halides is 3. The third-order valence-electron chi connectivity index (χ3n) is 13.5. The Hall–Kier alpha value is -6.53. The number of rotatable bonds is 10. The van der Waals surface area contributed by atoms with Crippen molar-refractivity contribution >= 4 is 46.2 Å². The van der Waals surface area contributed by atoms with Crippen molar-refractivity contribution in [1.82, 2.24) is 29.0 Å². The average Bonchev–Trinajstić information content (AvgIpc) is 3.79. The summed E-state index contributed by atoms with van der Waals surface area (Å²) in [5.41, 5.74) is 5.49. The number of nitrogens with zero attached hydrogens (tertiary/aromatic N) is 9. The number of anilines is 6. The van der Waals surface area contributed by atoms with E-state index in [-0.39, 0.29) is 29.2 Å². The van der Waals surface area contributed by atoms with Crippen LogP contribution in [0.15, 0.2) is 78.5 Å². The first kappa shape index (κ1) is 44.7. The molecule has 2 saturated heterocycles. The number of aliphatic hydroxyl groups is 1. The molecular weight excluding hydrogens is 852 g/mol. The third-order valence-corrected chi connectivity index (χ3v) is 13.5. The molecule has 4 aromatic heterocycles. The van der Waals surface area contributed by atoms with E-state index in [0.717, 1.165) is 50.5 Å². The Labute approximate surface area is 380 Å². The Morgan fingerprint density at radius 2 is 1.76 bits per heavy atom. The van der Waals surface area contributed by atoms with Crippen LogP contribution < -0.4 is 30.9 Å². The van der Waals surface area contributed by atoms with Crippen molar-refractivity contribution in [2.75, 3.05) is 64.6 Å². The minimum absolute atomic E-state index is 0.00747. The Kier molecular flexibility index (Phi) is 11.7. The summed E-state index contributed by atoms with van der Waals surface area (Å²) >= 11 is 0. The molecular formula is C48H54F3N11O4. The van der Waals surface area contributed by atoms with Gasteiger partial charge in [-0.3, -0.25) is 29.2 Å². The Morgan fingerprint density at radius 3 is 2.48 bits per heavy atom. The minimum atomic E-state index is -4.50. The van der Waals surface area contributed by atoms with Crippen LogP contribution in [0.5, 0.6) is 0 Å². The summed E-state index contributed by atoms with van der Waals surface area (Å²) in [5.74, 6) is -0.244. The lowest BCUT2D eigenvalue weighted by atomic mass is 9.90. The van der Waals surface area contributed by atoms with Crippen LogP contribution in [0, 0.1) is 5.41 Å². The molecule has 1 atom stereocenters. The van der Waals surface area contributed by atoms with Gasteiger partial charge < -0.3 is 34.7 Å². The largest absolute Gasteiger partial charge is 0.433 e. The van der Waals surface area contributed by atoms with E-state index in [9.17, 15) is 32.7 Å². The summed E-state index contributed by atoms with van der Waals surface area (Å²) < 4.78 is 43.5. The van der Waals surface area contributed by atoms with Gasteiger partial charge in [0.05, 0.1) is 23.7 Å². The number of carbonyl (C=O) groups excluding carboxylic acids is 2. The lowest BCUT2D eigenvalue weighted by molar-refractivity contribution is -0.141. The molecule has 5 aromatic rings. The zero-order valence-electron chi connectivity index (χ0n) is 37.5. The van der Waals surface area contributed by atoms with Crippen molar-refractivity contribution in [1.29, 1.82) is 0 Å². The van der Waals surface area contributed by atoms with Gasteiger partial charge in [-0.1, -0.05) is 20.4 Å². The molecule has 346 valence electrons. The number of carbonyl (C=O) groups is 2. The molecule has 0 radical (unpaired) electrons. The molecule has 1 aromatic carbocycles. The van der Waals surface area contributed by atoms with Crippen molar-refractivity contribution in [3.63, 3.8) is 0 Å². The predicted octanol–water partition coefficient (Wildman–Crippen LogP) is 6.38. The number of halogens is 3. The number of nitrogens with one attached hydrogen (secondary N) is 2. The molecule has 2 amide bonds. The second kappa shape index (κ2) is 17.4. The maximum Gasteiger partial charge on any atom is 0.433 e. The van der Waals surface area contributed by atoms with Crippen molar-refractivity contribution in [2.24, 2.45) is 12.5 Å². The number of piperidine rings is 1. The molecule has 1 aliphatic carbocycles. The first-order valence-corrected chi connectivity index (χ1v) is 22.3. The van der Waals surface area contributed by atoms with E-state index < -0.39 is 29.9 Å². The van der Waals surface area contributed by atoms with Gasteiger partial charge in [-0.25, -0.2) is 9.97 Å². The zero-order chi connectivity index (χ0) is 46.7. The van der Waals surface area contributed by atoms with E-state index >= 15 is 0 Å². The lowest BCUT2D eigenvalue weighted by Crippen LogP contribution is -2.57. The fourth-order valence-electron chi connectivity index (χ4n) is 10.3. The lowest BCUT2D eigenvalue weighted by Gasteiger charge is -2.47. The van der Waals surface area contributed by atoms with Gasteiger partial charge in [-0.15, -0.1) is 0 Å². The highest BCUT2D eigenvalue weighted by Gasteiger charge is 2.38. The molecule has 7 heterocycles. The second-order valence-corrected chi connectivity index (χ2v) is 18.5. The monoisotopic (exact) mass is 905 g/mol. The van der Waals surface area contributed by atoms with Crippen LogP contribution in [-0.2, 0) is 44.0 Å². The van der Waals surface area contributed by atoms with Crippen LogP contribution in [0.3, 0.4) is 0 Å². The molecule has 3 N–H and O–H groups in total. The highest BCUT2D eigenvalue weighted by Crippen LogP contribution is 2.41. The van der Waals surface area contributed by atoms with Crippen LogP contribution in [0.25, 0.3) is 11.3 Å². The first-order chi connectivity index (χ1) is 31.5. The maximum absolute atomic E-state index is 14.0. The number of amides is 2. The van der Waals surface area contributed by atoms with Gasteiger partial charge in [-0.2, -0.15) is 13.2 Å². The average molecular weight is 906 g/mol. The van der Waals surface area contributed by atoms with E-state index in [2.05, 4.69) is 62.3 Å². The van der Waals surface area contributed by atoms with E-state index in [0.29, 0.717) is 78.1 Å². The standard InChI is InChI=1S/C48H54F3N11O4/c1-6-42(64)55-36-22-31(7-8-38(36)60-18-17-59(26-29(60)2)32-11-15-58(16-12-32)33-9-13-52-41(23-33)48(49,50)51)54-43-46(66)57(5)27-37(56-43)34-10-14-53-44(35(34)28-63)62-20-19-61-39(45(62)65)21-30-24-47(3,4)25-40(30)61/h6-10,13-14,21-23,27,29,32,63H,1,11-12,15-20,24-26,28H2,2-5H3,(H,54,56)(H,55,64). The van der Waals surface area contributed by atoms with Gasteiger partial charge in [0.1, 0.15) is 17.2 Å². The molecule has 0 bridgehead atoms. The van der Waals surface area contributed by atoms with Gasteiger partial charge >= 0.3 is 6.18 Å². The quantitative estimate of drug-likeness (QED) is 0.134. The van der Waals surface area contributed by atoms with E-state index in [1.165, 1.54) is 28.1 Å². The van der Waals surface area contributed by atoms with Gasteiger partial charge in [0, 0.05) is 112 Å². The summed E-state index contributed by atoms with van der Waals surface area (Å²) in [7, 11) is 1.61. The van der Waals surface area contributed by atoms with Crippen molar-refractivity contribution in [3.8, 4) is 11.3 Å². The summed E-state index contributed by atoms with van der Waals surface area (Å²) in [6.45, 7) is 14.2. The number of pyridine rings is 2. The summed E-state index contributed by atoms with van der Waals surface area (Å²) in [6, 6.07) is 12.2. The van der Waals surface area contributed by atoms with Crippen LogP contribution in [-0.4, -0.2) is 97.3 Å². The van der Waals surface area contributed by atoms with E-state index in [1.54, 1.807) is 42.5 Å². The summed E-state index contributed by atoms with van der Waals surface area (Å²) in [6.07, 6.45) is 4.50. The van der Waals surface area contributed by atoms with Crippen molar-refractivity contribution < 1.29 is 27.9 Å². The summed E-state index contributed by atoms with van der Waals surface area (Å²) in [5, 5.41) is 16.9. The smallest absolute Gasteiger partial charge is 0.392 e. The van der Waals surface area contributed by atoms with Crippen molar-refractivity contribution in [3.05, 3.63) is 112 Å². The molecule has 18 heteroatoms. The SMILES string of the molecule is C=CC(=O)Nc1cc(Nc2nc(-c3ccnc(N4CCn5c(cc6c5CC(C)(C)C6)C4=O)c3CO)cn(C)c2=O)ccc1N1CCN(C2CCN(c3ccnc(C(F)(F)F)c3)CC2)CC1C. The summed E-state index contributed by atoms with van der Waals surface area (Å²) in [4.78, 5) is 61.6. The number of piperazine rings is 1. The first-order valence-electron chi connectivity index (χ1n) is 22.3. The van der Waals surface area contributed by atoms with Crippen LogP contribution in [0.4, 0.5) is 47.6 Å². The molecule has 3 aliphatic heterocycles. The number of aryl methyl sites for hydroxylation is 1. The van der Waals surface area contributed by atoms with Gasteiger partial charge in [-0.05, 0) is 92.1 Å². The Morgan fingerprint density at radius 1 is 0.985 bits per heavy atom. The van der Waals surface area contributed by atoms with Crippen LogP contribution >= 0.6 is 0 Å². The minimum Gasteiger partial charge on any atom is -0.392 e. The number of benzene rings is 1. The maximum atomic E-state index is 14.0.